The van der Waals surface area contributed by atoms with Crippen LogP contribution in [0.5, 0.6) is 0 Å². The van der Waals surface area contributed by atoms with Gasteiger partial charge in [-0.1, -0.05) is 251 Å². The number of para-hydroxylation sites is 1. The van der Waals surface area contributed by atoms with Gasteiger partial charge in [0.1, 0.15) is 0 Å². The summed E-state index contributed by atoms with van der Waals surface area (Å²) < 4.78 is 2.46. The predicted molar refractivity (Wildman–Crippen MR) is 370 cm³/mol. The standard InChI is InChI=1S/C24H25N.C21H27N.C14H12.C8H14N2.4C2H6.C2H2/c1-4-9-19(5-2)25-22-12-7-6-10-21(22)24-20(11-8-13-23(24)25)18-15-14-17(3)16-18;1-17(2)9-7-8-11-19-13-15-20-12-6-4-5-10-18(3)22-21(20)16-14-19;1-2-12-8-10-14(11-9-12)13-6-4-3-5-7-13;1-8(10-2)6-4-3-5-7-9;5*1-2/h4-7,9-12,14-17H,8,13H2,1-3H3;4-10,12,14,16,19,22H,11,13,15H2,1-3H3;2-11H,1H2;3-5,7H,6,9H2,1-2H3;4*1-2H3;1-2H/b9-4-,19-5+;5-4?,8-7-,12-6?,18-10?;;4-3-,7-5-,10-8?;;;;;. The molecule has 2 atom stereocenters. The Morgan fingerprint density at radius 2 is 1.38 bits per heavy atom. The molecule has 3 aliphatic carbocycles. The number of aromatic nitrogens is 2. The number of H-pyrrole nitrogens is 1. The van der Waals surface area contributed by atoms with Crippen LogP contribution in [-0.4, -0.2) is 22.3 Å². The van der Waals surface area contributed by atoms with Gasteiger partial charge in [0.15, 0.2) is 0 Å². The lowest BCUT2D eigenvalue weighted by atomic mass is 9.89. The SMILES string of the molecule is C#C.C/C=C\C(=C/C)n1c2c(c3ccccc31)C(C1=CC(C)C=C1)=CCC2.C=Cc1ccc(-c2ccccc2)cc1.CC.CC.CC.CC.CC(C)=C/C=C\CC1C=Cc2[nH]c(C)cccccc2CC1.CN=C(C)C/C=C\C=C/N. The lowest BCUT2D eigenvalue weighted by Crippen LogP contribution is -2.06. The van der Waals surface area contributed by atoms with Crippen molar-refractivity contribution < 1.29 is 0 Å². The summed E-state index contributed by atoms with van der Waals surface area (Å²) in [6, 6.07) is 38.2. The van der Waals surface area contributed by atoms with Crippen molar-refractivity contribution in [3.8, 4) is 24.0 Å². The molecule has 0 saturated heterocycles. The zero-order chi connectivity index (χ0) is 60.8. The molecule has 5 aromatic rings. The van der Waals surface area contributed by atoms with Crippen molar-refractivity contribution in [3.63, 3.8) is 0 Å². The van der Waals surface area contributed by atoms with E-state index < -0.39 is 0 Å². The van der Waals surface area contributed by atoms with Crippen molar-refractivity contribution in [2.45, 2.75) is 142 Å². The van der Waals surface area contributed by atoms with Crippen molar-refractivity contribution in [1.82, 2.24) is 9.55 Å². The zero-order valence-corrected chi connectivity index (χ0v) is 52.9. The summed E-state index contributed by atoms with van der Waals surface area (Å²) in [6.07, 6.45) is 50.8. The van der Waals surface area contributed by atoms with Crippen LogP contribution in [0.3, 0.4) is 0 Å². The molecule has 3 N–H and O–H groups in total. The maximum absolute atomic E-state index is 5.12. The van der Waals surface area contributed by atoms with E-state index in [0.717, 1.165) is 43.4 Å². The Hall–Kier alpha value is -7.87. The van der Waals surface area contributed by atoms with E-state index in [1.165, 1.54) is 85.3 Å². The van der Waals surface area contributed by atoms with E-state index in [1.54, 1.807) is 13.1 Å². The molecule has 4 nitrogen and oxygen atoms in total. The van der Waals surface area contributed by atoms with Gasteiger partial charge in [-0.05, 0) is 155 Å². The lowest BCUT2D eigenvalue weighted by Gasteiger charge is -2.18. The van der Waals surface area contributed by atoms with Crippen molar-refractivity contribution in [2.24, 2.45) is 22.6 Å². The van der Waals surface area contributed by atoms with Crippen LogP contribution in [0.25, 0.3) is 45.5 Å². The third kappa shape index (κ3) is 26.3. The summed E-state index contributed by atoms with van der Waals surface area (Å²) in [5.41, 5.74) is 23.3. The summed E-state index contributed by atoms with van der Waals surface area (Å²) in [6.45, 7) is 34.6. The Kier molecular flexibility index (Phi) is 41.5. The highest BCUT2D eigenvalue weighted by Gasteiger charge is 2.25. The molecule has 2 unspecified atom stereocenters. The van der Waals surface area contributed by atoms with E-state index in [-0.39, 0.29) is 0 Å². The molecular weight excluding hydrogens is 981 g/mol. The molecule has 0 aliphatic heterocycles. The smallest absolute Gasteiger partial charge is 0.0537 e. The highest BCUT2D eigenvalue weighted by molar-refractivity contribution is 6.02. The van der Waals surface area contributed by atoms with Gasteiger partial charge in [-0.25, -0.2) is 0 Å². The summed E-state index contributed by atoms with van der Waals surface area (Å²) in [7, 11) is 1.79. The van der Waals surface area contributed by atoms with Crippen LogP contribution in [0.1, 0.15) is 156 Å². The quantitative estimate of drug-likeness (QED) is 0.0773. The average molecular weight is 1090 g/mol. The highest BCUT2D eigenvalue weighted by atomic mass is 15.0. The Bertz CT molecular complexity index is 2950. The van der Waals surface area contributed by atoms with Crippen LogP contribution in [0, 0.1) is 31.6 Å². The van der Waals surface area contributed by atoms with Crippen LogP contribution < -0.4 is 5.73 Å². The topological polar surface area (TPSA) is 59.1 Å². The second-order valence-corrected chi connectivity index (χ2v) is 18.3. The molecular formula is C77H104N4. The maximum Gasteiger partial charge on any atom is 0.0537 e. The molecule has 0 fully saturated rings. The van der Waals surface area contributed by atoms with Gasteiger partial charge >= 0.3 is 0 Å². The molecule has 0 amide bonds. The lowest BCUT2D eigenvalue weighted by molar-refractivity contribution is 0.605. The van der Waals surface area contributed by atoms with Gasteiger partial charge in [0.05, 0.1) is 5.52 Å². The number of allylic oxidation sites excluding steroid dienone is 18. The van der Waals surface area contributed by atoms with Crippen molar-refractivity contribution in [2.75, 3.05) is 7.05 Å². The largest absolute Gasteiger partial charge is 0.405 e. The molecule has 8 rings (SSSR count). The van der Waals surface area contributed by atoms with E-state index >= 15 is 0 Å². The molecule has 432 valence electrons. The number of aryl methyl sites for hydroxylation is 2. The second-order valence-electron chi connectivity index (χ2n) is 18.3. The van der Waals surface area contributed by atoms with Crippen molar-refractivity contribution >= 4 is 40.0 Å². The van der Waals surface area contributed by atoms with E-state index in [4.69, 9.17) is 5.73 Å². The third-order valence-corrected chi connectivity index (χ3v) is 12.5. The van der Waals surface area contributed by atoms with Gasteiger partial charge < -0.3 is 15.3 Å². The minimum absolute atomic E-state index is 0.531. The number of aliphatic imine (C=N–C) groups is 1. The molecule has 4 heteroatoms. The molecule has 3 aromatic carbocycles. The van der Waals surface area contributed by atoms with E-state index in [1.807, 2.05) is 86.6 Å². The number of benzene rings is 3. The van der Waals surface area contributed by atoms with Crippen LogP contribution in [-0.2, 0) is 12.8 Å². The Labute approximate surface area is 495 Å². The molecule has 2 heterocycles. The predicted octanol–water partition coefficient (Wildman–Crippen LogP) is 22.3. The molecule has 81 heavy (non-hydrogen) atoms. The number of rotatable bonds is 11. The summed E-state index contributed by atoms with van der Waals surface area (Å²) in [4.78, 5) is 7.52. The van der Waals surface area contributed by atoms with Crippen molar-refractivity contribution in [1.29, 1.82) is 0 Å². The van der Waals surface area contributed by atoms with E-state index in [0.29, 0.717) is 11.8 Å². The summed E-state index contributed by atoms with van der Waals surface area (Å²) >= 11 is 0. The highest BCUT2D eigenvalue weighted by Crippen LogP contribution is 2.42. The third-order valence-electron chi connectivity index (χ3n) is 12.5. The number of hydrogen-bond acceptors (Lipinski definition) is 2. The summed E-state index contributed by atoms with van der Waals surface area (Å²) in [5.74, 6) is 1.15. The summed E-state index contributed by atoms with van der Waals surface area (Å²) in [5, 5.41) is 1.36. The number of hydrogen-bond donors (Lipinski definition) is 2. The van der Waals surface area contributed by atoms with E-state index in [2.05, 4.69) is 252 Å². The fourth-order valence-corrected chi connectivity index (χ4v) is 8.66. The maximum atomic E-state index is 5.12. The van der Waals surface area contributed by atoms with Crippen LogP contribution in [0.2, 0.25) is 0 Å². The van der Waals surface area contributed by atoms with Crippen LogP contribution >= 0.6 is 0 Å². The fourth-order valence-electron chi connectivity index (χ4n) is 8.66. The number of aromatic amines is 1. The van der Waals surface area contributed by atoms with Crippen LogP contribution in [0.15, 0.2) is 223 Å². The number of nitrogens with two attached hydrogens (primary N) is 1. The molecule has 3 aliphatic rings. The Morgan fingerprint density at radius 3 is 1.98 bits per heavy atom. The van der Waals surface area contributed by atoms with Crippen molar-refractivity contribution in [3.05, 3.63) is 252 Å². The first-order valence-corrected chi connectivity index (χ1v) is 29.7. The number of terminal acetylenes is 1. The zero-order valence-electron chi connectivity index (χ0n) is 52.9. The number of nitrogens with one attached hydrogen (secondary N) is 1. The van der Waals surface area contributed by atoms with Gasteiger partial charge in [0.2, 0.25) is 0 Å². The monoisotopic (exact) mass is 1080 g/mol. The first kappa shape index (κ1) is 73.1. The Morgan fingerprint density at radius 1 is 0.753 bits per heavy atom. The number of fused-ring (bicyclic) bond motifs is 4. The molecule has 0 saturated carbocycles. The minimum Gasteiger partial charge on any atom is -0.405 e. The van der Waals surface area contributed by atoms with Gasteiger partial charge in [-0.2, -0.15) is 0 Å². The van der Waals surface area contributed by atoms with Gasteiger partial charge in [0, 0.05) is 52.9 Å². The second kappa shape index (κ2) is 45.9. The minimum atomic E-state index is 0.531. The van der Waals surface area contributed by atoms with Crippen LogP contribution in [0.4, 0.5) is 0 Å². The van der Waals surface area contributed by atoms with Gasteiger partial charge in [-0.3, -0.25) is 4.99 Å². The molecule has 2 aromatic heterocycles. The first-order valence-electron chi connectivity index (χ1n) is 29.7. The normalized spacial score (nSPS) is 14.5. The molecule has 0 bridgehead atoms. The Balaban J connectivity index is 0.00000104. The first-order chi connectivity index (χ1) is 39.6. The number of nitrogens with zero attached hydrogens (tertiary/aromatic N) is 2. The fraction of sp³-hybridized carbons (Fsp3) is 0.312. The van der Waals surface area contributed by atoms with Gasteiger partial charge in [0.25, 0.3) is 0 Å². The average Bonchev–Trinajstić information content (AvgIpc) is 4.27. The molecule has 0 spiro atoms. The molecule has 0 radical (unpaired) electrons. The van der Waals surface area contributed by atoms with Gasteiger partial charge in [-0.15, -0.1) is 12.8 Å². The van der Waals surface area contributed by atoms with E-state index in [9.17, 15) is 0 Å².